The second-order valence-electron chi connectivity index (χ2n) is 6.38. The molecule has 0 amide bonds. The lowest BCUT2D eigenvalue weighted by molar-refractivity contribution is 0.244. The normalized spacial score (nSPS) is 12.7. The number of rotatable bonds is 8. The van der Waals surface area contributed by atoms with E-state index < -0.39 is 0 Å². The Morgan fingerprint density at radius 2 is 2.00 bits per heavy atom. The van der Waals surface area contributed by atoms with Crippen molar-refractivity contribution in [2.75, 3.05) is 6.54 Å². The minimum absolute atomic E-state index is 0.0856. The molecule has 1 N–H and O–H groups in total. The number of halogens is 1. The van der Waals surface area contributed by atoms with Crippen molar-refractivity contribution in [1.82, 2.24) is 0 Å². The van der Waals surface area contributed by atoms with Crippen LogP contribution in [-0.4, -0.2) is 17.4 Å². The van der Waals surface area contributed by atoms with Gasteiger partial charge in [0.1, 0.15) is 18.1 Å². The van der Waals surface area contributed by atoms with Crippen LogP contribution in [0.2, 0.25) is 5.02 Å². The van der Waals surface area contributed by atoms with E-state index in [1.807, 2.05) is 32.0 Å². The zero-order valence-electron chi connectivity index (χ0n) is 16.1. The number of aliphatic hydroxyl groups is 1. The molecule has 0 saturated carbocycles. The van der Waals surface area contributed by atoms with Crippen LogP contribution in [0.25, 0.3) is 5.57 Å². The van der Waals surface area contributed by atoms with Crippen LogP contribution in [0, 0.1) is 6.92 Å². The maximum atomic E-state index is 9.28. The number of furan rings is 1. The van der Waals surface area contributed by atoms with Crippen molar-refractivity contribution in [2.24, 2.45) is 4.99 Å². The van der Waals surface area contributed by atoms with E-state index in [2.05, 4.69) is 26.0 Å². The van der Waals surface area contributed by atoms with E-state index in [0.717, 1.165) is 41.3 Å². The molecule has 1 heterocycles. The van der Waals surface area contributed by atoms with Gasteiger partial charge in [0, 0.05) is 29.3 Å². The van der Waals surface area contributed by atoms with Gasteiger partial charge in [-0.15, -0.1) is 0 Å². The maximum absolute atomic E-state index is 9.28. The lowest BCUT2D eigenvalue weighted by Crippen LogP contribution is -1.99. The summed E-state index contributed by atoms with van der Waals surface area (Å²) >= 11 is 6.19. The van der Waals surface area contributed by atoms with E-state index in [9.17, 15) is 5.11 Å². The molecule has 0 spiro atoms. The van der Waals surface area contributed by atoms with E-state index in [1.54, 1.807) is 0 Å². The number of allylic oxidation sites excluding steroid dienone is 1. The molecule has 0 radical (unpaired) electrons. The summed E-state index contributed by atoms with van der Waals surface area (Å²) in [5, 5.41) is 10.0. The lowest BCUT2D eigenvalue weighted by Gasteiger charge is -2.11. The van der Waals surface area contributed by atoms with Crippen molar-refractivity contribution in [3.63, 3.8) is 0 Å². The number of aliphatic imine (C=N–C) groups is 1. The SMILES string of the molecule is CCC=C(CCN=C(C)c1cc(CO)oc1CC)c1cc(Cl)ccc1C. The summed E-state index contributed by atoms with van der Waals surface area (Å²) in [6.45, 7) is 8.91. The molecule has 0 bridgehead atoms. The summed E-state index contributed by atoms with van der Waals surface area (Å²) in [5.41, 5.74) is 5.65. The summed E-state index contributed by atoms with van der Waals surface area (Å²) in [5.74, 6) is 1.47. The number of hydrogen-bond donors (Lipinski definition) is 1. The fourth-order valence-corrected chi connectivity index (χ4v) is 3.27. The number of hydrogen-bond acceptors (Lipinski definition) is 3. The van der Waals surface area contributed by atoms with Crippen molar-refractivity contribution in [2.45, 2.75) is 53.6 Å². The molecule has 2 aromatic rings. The van der Waals surface area contributed by atoms with Gasteiger partial charge in [-0.05, 0) is 61.6 Å². The molecule has 4 heteroatoms. The van der Waals surface area contributed by atoms with E-state index >= 15 is 0 Å². The van der Waals surface area contributed by atoms with Crippen LogP contribution >= 0.6 is 11.6 Å². The first kappa shape index (κ1) is 20.5. The molecule has 2 rings (SSSR count). The standard InChI is InChI=1S/C22H28ClNO2/c1-5-7-17(20-12-18(23)9-8-15(20)3)10-11-24-16(4)21-13-19(14-25)26-22(21)6-2/h7-9,12-13,25H,5-6,10-11,14H2,1-4H3. The minimum atomic E-state index is -0.0856. The molecule has 26 heavy (non-hydrogen) atoms. The molecule has 140 valence electrons. The summed E-state index contributed by atoms with van der Waals surface area (Å²) in [6.07, 6.45) is 4.87. The molecule has 0 aliphatic carbocycles. The predicted octanol–water partition coefficient (Wildman–Crippen LogP) is 5.99. The molecule has 3 nitrogen and oxygen atoms in total. The third kappa shape index (κ3) is 5.09. The van der Waals surface area contributed by atoms with Crippen LogP contribution in [0.1, 0.15) is 61.8 Å². The van der Waals surface area contributed by atoms with Gasteiger partial charge in [-0.3, -0.25) is 4.99 Å². The molecule has 0 atom stereocenters. The van der Waals surface area contributed by atoms with E-state index in [-0.39, 0.29) is 6.61 Å². The Labute approximate surface area is 161 Å². The average Bonchev–Trinajstić information content (AvgIpc) is 3.06. The molecule has 0 aliphatic heterocycles. The first-order valence-corrected chi connectivity index (χ1v) is 9.57. The van der Waals surface area contributed by atoms with Gasteiger partial charge < -0.3 is 9.52 Å². The highest BCUT2D eigenvalue weighted by Crippen LogP contribution is 2.26. The summed E-state index contributed by atoms with van der Waals surface area (Å²) in [6, 6.07) is 7.91. The topological polar surface area (TPSA) is 45.7 Å². The lowest BCUT2D eigenvalue weighted by atomic mass is 9.97. The van der Waals surface area contributed by atoms with Crippen molar-refractivity contribution < 1.29 is 9.52 Å². The Morgan fingerprint density at radius 3 is 2.65 bits per heavy atom. The summed E-state index contributed by atoms with van der Waals surface area (Å²) < 4.78 is 5.64. The highest BCUT2D eigenvalue weighted by Gasteiger charge is 2.12. The maximum Gasteiger partial charge on any atom is 0.130 e. The number of nitrogens with zero attached hydrogens (tertiary/aromatic N) is 1. The fraction of sp³-hybridized carbons (Fsp3) is 0.409. The summed E-state index contributed by atoms with van der Waals surface area (Å²) in [4.78, 5) is 4.75. The molecule has 1 aromatic carbocycles. The van der Waals surface area contributed by atoms with E-state index in [0.29, 0.717) is 12.3 Å². The van der Waals surface area contributed by atoms with Gasteiger partial charge in [0.25, 0.3) is 0 Å². The van der Waals surface area contributed by atoms with Crippen LogP contribution in [0.4, 0.5) is 0 Å². The third-order valence-corrected chi connectivity index (χ3v) is 4.69. The summed E-state index contributed by atoms with van der Waals surface area (Å²) in [7, 11) is 0. The van der Waals surface area contributed by atoms with Gasteiger partial charge in [0.05, 0.1) is 0 Å². The van der Waals surface area contributed by atoms with Crippen molar-refractivity contribution in [1.29, 1.82) is 0 Å². The van der Waals surface area contributed by atoms with Crippen molar-refractivity contribution in [3.8, 4) is 0 Å². The van der Waals surface area contributed by atoms with Gasteiger partial charge in [0.2, 0.25) is 0 Å². The van der Waals surface area contributed by atoms with Crippen molar-refractivity contribution in [3.05, 3.63) is 63.6 Å². The van der Waals surface area contributed by atoms with Crippen molar-refractivity contribution >= 4 is 22.9 Å². The van der Waals surface area contributed by atoms with Gasteiger partial charge in [0.15, 0.2) is 0 Å². The first-order valence-electron chi connectivity index (χ1n) is 9.19. The molecular formula is C22H28ClNO2. The monoisotopic (exact) mass is 373 g/mol. The number of benzene rings is 1. The average molecular weight is 374 g/mol. The smallest absolute Gasteiger partial charge is 0.130 e. The van der Waals surface area contributed by atoms with Crippen LogP contribution < -0.4 is 0 Å². The minimum Gasteiger partial charge on any atom is -0.463 e. The number of aliphatic hydroxyl groups excluding tert-OH is 1. The van der Waals surface area contributed by atoms with Crippen LogP contribution in [0.5, 0.6) is 0 Å². The van der Waals surface area contributed by atoms with Gasteiger partial charge in [-0.25, -0.2) is 0 Å². The molecule has 1 aromatic heterocycles. The second-order valence-corrected chi connectivity index (χ2v) is 6.81. The van der Waals surface area contributed by atoms with Crippen LogP contribution in [0.15, 0.2) is 39.8 Å². The van der Waals surface area contributed by atoms with Gasteiger partial charge in [-0.2, -0.15) is 0 Å². The predicted molar refractivity (Wildman–Crippen MR) is 110 cm³/mol. The molecule has 0 fully saturated rings. The Balaban J connectivity index is 2.17. The molecular weight excluding hydrogens is 346 g/mol. The Bertz CT molecular complexity index is 802. The Kier molecular flexibility index (Phi) is 7.67. The third-order valence-electron chi connectivity index (χ3n) is 4.45. The highest BCUT2D eigenvalue weighted by atomic mass is 35.5. The van der Waals surface area contributed by atoms with Gasteiger partial charge in [-0.1, -0.05) is 37.6 Å². The first-order chi connectivity index (χ1) is 12.5. The number of aryl methyl sites for hydroxylation is 2. The van der Waals surface area contributed by atoms with E-state index in [1.165, 1.54) is 16.7 Å². The van der Waals surface area contributed by atoms with Crippen LogP contribution in [-0.2, 0) is 13.0 Å². The Morgan fingerprint density at radius 1 is 1.23 bits per heavy atom. The zero-order valence-corrected chi connectivity index (χ0v) is 16.9. The molecule has 0 saturated heterocycles. The zero-order chi connectivity index (χ0) is 19.1. The van der Waals surface area contributed by atoms with E-state index in [4.69, 9.17) is 21.0 Å². The quantitative estimate of drug-likeness (QED) is 0.577. The largest absolute Gasteiger partial charge is 0.463 e. The second kappa shape index (κ2) is 9.75. The Hall–Kier alpha value is -1.84. The van der Waals surface area contributed by atoms with Crippen LogP contribution in [0.3, 0.4) is 0 Å². The highest BCUT2D eigenvalue weighted by molar-refractivity contribution is 6.30. The molecule has 0 aliphatic rings. The fourth-order valence-electron chi connectivity index (χ4n) is 3.09. The molecule has 0 unspecified atom stereocenters. The van der Waals surface area contributed by atoms with Gasteiger partial charge >= 0.3 is 0 Å².